The largest absolute Gasteiger partial charge is 0.215 e. The number of hydrogen-bond donors (Lipinski definition) is 1. The summed E-state index contributed by atoms with van der Waals surface area (Å²) in [5, 5.41) is -0.374. The van der Waals surface area contributed by atoms with E-state index in [2.05, 4.69) is 4.72 Å². The van der Waals surface area contributed by atoms with Crippen molar-refractivity contribution in [2.45, 2.75) is 31.1 Å². The van der Waals surface area contributed by atoms with Crippen LogP contribution in [0, 0.1) is 11.6 Å². The van der Waals surface area contributed by atoms with Crippen LogP contribution in [0.3, 0.4) is 0 Å². The minimum Gasteiger partial charge on any atom is -0.212 e. The Morgan fingerprint density at radius 3 is 2.59 bits per heavy atom. The molecule has 1 atom stereocenters. The Morgan fingerprint density at radius 1 is 1.35 bits per heavy atom. The molecule has 1 aromatic carbocycles. The number of sulfonamides is 1. The lowest BCUT2D eigenvalue weighted by Gasteiger charge is -2.15. The van der Waals surface area contributed by atoms with E-state index >= 15 is 0 Å². The molecule has 0 aromatic heterocycles. The summed E-state index contributed by atoms with van der Waals surface area (Å²) in [6.45, 7) is 1.50. The highest BCUT2D eigenvalue weighted by Gasteiger charge is 2.36. The third-order valence-electron chi connectivity index (χ3n) is 2.75. The second kappa shape index (κ2) is 4.34. The number of hydrogen-bond acceptors (Lipinski definition) is 2. The molecule has 0 saturated heterocycles. The average Bonchev–Trinajstić information content (AvgIpc) is 3.04. The monoisotopic (exact) mass is 261 g/mol. The van der Waals surface area contributed by atoms with Gasteiger partial charge in [-0.2, -0.15) is 0 Å². The van der Waals surface area contributed by atoms with E-state index in [9.17, 15) is 17.2 Å². The fourth-order valence-electron chi connectivity index (χ4n) is 1.64. The molecule has 2 rings (SSSR count). The van der Waals surface area contributed by atoms with Gasteiger partial charge < -0.3 is 0 Å². The predicted octanol–water partition coefficient (Wildman–Crippen LogP) is 2.11. The van der Waals surface area contributed by atoms with Crippen molar-refractivity contribution >= 4 is 10.0 Å². The lowest BCUT2D eigenvalue weighted by Crippen LogP contribution is -2.30. The van der Waals surface area contributed by atoms with Gasteiger partial charge in [0.1, 0.15) is 0 Å². The van der Waals surface area contributed by atoms with E-state index in [-0.39, 0.29) is 10.8 Å². The predicted molar refractivity (Wildman–Crippen MR) is 59.9 cm³/mol. The van der Waals surface area contributed by atoms with E-state index < -0.39 is 27.7 Å². The van der Waals surface area contributed by atoms with Gasteiger partial charge in [-0.1, -0.05) is 12.1 Å². The van der Waals surface area contributed by atoms with Crippen molar-refractivity contribution in [1.29, 1.82) is 0 Å². The molecule has 1 fully saturated rings. The summed E-state index contributed by atoms with van der Waals surface area (Å²) in [4.78, 5) is 0. The molecule has 0 spiro atoms. The maximum Gasteiger partial charge on any atom is 0.215 e. The second-order valence-corrected chi connectivity index (χ2v) is 6.22. The Bertz CT molecular complexity index is 526. The van der Waals surface area contributed by atoms with Crippen molar-refractivity contribution in [2.75, 3.05) is 0 Å². The third kappa shape index (κ3) is 2.63. The van der Waals surface area contributed by atoms with Gasteiger partial charge in [-0.15, -0.1) is 0 Å². The first-order valence-electron chi connectivity index (χ1n) is 5.37. The first-order valence-corrected chi connectivity index (χ1v) is 6.91. The minimum absolute atomic E-state index is 0.0224. The highest BCUT2D eigenvalue weighted by Crippen LogP contribution is 2.29. The summed E-state index contributed by atoms with van der Waals surface area (Å²) in [7, 11) is -3.40. The number of benzene rings is 1. The van der Waals surface area contributed by atoms with Crippen LogP contribution < -0.4 is 4.72 Å². The van der Waals surface area contributed by atoms with Crippen LogP contribution in [0.5, 0.6) is 0 Å². The molecule has 17 heavy (non-hydrogen) atoms. The van der Waals surface area contributed by atoms with Crippen molar-refractivity contribution in [3.63, 3.8) is 0 Å². The molecule has 0 bridgehead atoms. The molecule has 0 unspecified atom stereocenters. The van der Waals surface area contributed by atoms with Gasteiger partial charge in [0.2, 0.25) is 10.0 Å². The molecule has 3 nitrogen and oxygen atoms in total. The lowest BCUT2D eigenvalue weighted by atomic mass is 10.1. The molecular weight excluding hydrogens is 248 g/mol. The van der Waals surface area contributed by atoms with Crippen LogP contribution >= 0.6 is 0 Å². The summed E-state index contributed by atoms with van der Waals surface area (Å²) in [5.41, 5.74) is 0.0224. The third-order valence-corrected chi connectivity index (χ3v) is 4.78. The topological polar surface area (TPSA) is 46.2 Å². The Morgan fingerprint density at radius 2 is 2.00 bits per heavy atom. The Hall–Kier alpha value is -1.01. The highest BCUT2D eigenvalue weighted by molar-refractivity contribution is 7.90. The molecule has 1 aliphatic rings. The quantitative estimate of drug-likeness (QED) is 0.902. The zero-order chi connectivity index (χ0) is 12.6. The van der Waals surface area contributed by atoms with Crippen LogP contribution in [0.4, 0.5) is 8.78 Å². The van der Waals surface area contributed by atoms with Gasteiger partial charge in [0.15, 0.2) is 11.6 Å². The molecule has 0 heterocycles. The van der Waals surface area contributed by atoms with Crippen molar-refractivity contribution in [2.24, 2.45) is 0 Å². The van der Waals surface area contributed by atoms with Gasteiger partial charge in [0.25, 0.3) is 0 Å². The summed E-state index contributed by atoms with van der Waals surface area (Å²) < 4.78 is 52.1. The van der Waals surface area contributed by atoms with Crippen LogP contribution in [-0.4, -0.2) is 13.7 Å². The van der Waals surface area contributed by atoms with Gasteiger partial charge in [0, 0.05) is 11.6 Å². The van der Waals surface area contributed by atoms with Crippen LogP contribution in [0.2, 0.25) is 0 Å². The van der Waals surface area contributed by atoms with E-state index in [1.807, 2.05) is 0 Å². The normalized spacial score (nSPS) is 18.1. The molecule has 0 aliphatic heterocycles. The molecule has 6 heteroatoms. The summed E-state index contributed by atoms with van der Waals surface area (Å²) in [6.07, 6.45) is 1.27. The summed E-state index contributed by atoms with van der Waals surface area (Å²) in [5.74, 6) is -1.97. The van der Waals surface area contributed by atoms with Gasteiger partial charge in [-0.3, -0.25) is 0 Å². The van der Waals surface area contributed by atoms with E-state index in [0.29, 0.717) is 12.8 Å². The molecule has 1 aromatic rings. The van der Waals surface area contributed by atoms with Gasteiger partial charge >= 0.3 is 0 Å². The molecule has 1 aliphatic carbocycles. The van der Waals surface area contributed by atoms with E-state index in [4.69, 9.17) is 0 Å². The summed E-state index contributed by atoms with van der Waals surface area (Å²) in [6, 6.07) is 2.96. The zero-order valence-electron chi connectivity index (χ0n) is 9.28. The molecule has 1 N–H and O–H groups in total. The standard InChI is InChI=1S/C11H13F2NO2S/c1-7(14-17(15,16)8-5-6-8)9-3-2-4-10(12)11(9)13/h2-4,7-8,14H,5-6H2,1H3/t7-/m0/s1. The van der Waals surface area contributed by atoms with Gasteiger partial charge in [-0.05, 0) is 25.8 Å². The zero-order valence-corrected chi connectivity index (χ0v) is 10.1. The van der Waals surface area contributed by atoms with E-state index in [0.717, 1.165) is 6.07 Å². The summed E-state index contributed by atoms with van der Waals surface area (Å²) >= 11 is 0. The fraction of sp³-hybridized carbons (Fsp3) is 0.455. The second-order valence-electron chi connectivity index (χ2n) is 4.23. The van der Waals surface area contributed by atoms with Gasteiger partial charge in [0.05, 0.1) is 5.25 Å². The smallest absolute Gasteiger partial charge is 0.212 e. The first kappa shape index (κ1) is 12.4. The first-order chi connectivity index (χ1) is 7.92. The lowest BCUT2D eigenvalue weighted by molar-refractivity contribution is 0.485. The van der Waals surface area contributed by atoms with Crippen LogP contribution in [0.15, 0.2) is 18.2 Å². The average molecular weight is 261 g/mol. The minimum atomic E-state index is -3.40. The van der Waals surface area contributed by atoms with E-state index in [1.54, 1.807) is 0 Å². The maximum absolute atomic E-state index is 13.4. The Balaban J connectivity index is 2.20. The van der Waals surface area contributed by atoms with Crippen LogP contribution in [-0.2, 0) is 10.0 Å². The molecule has 0 radical (unpaired) electrons. The van der Waals surface area contributed by atoms with Crippen LogP contribution in [0.1, 0.15) is 31.4 Å². The molecular formula is C11H13F2NO2S. The Labute approximate surface area is 98.9 Å². The molecule has 0 amide bonds. The van der Waals surface area contributed by atoms with Crippen molar-refractivity contribution < 1.29 is 17.2 Å². The van der Waals surface area contributed by atoms with E-state index in [1.165, 1.54) is 19.1 Å². The van der Waals surface area contributed by atoms with Crippen molar-refractivity contribution in [3.05, 3.63) is 35.4 Å². The number of halogens is 2. The Kier molecular flexibility index (Phi) is 3.18. The van der Waals surface area contributed by atoms with Gasteiger partial charge in [-0.25, -0.2) is 21.9 Å². The highest BCUT2D eigenvalue weighted by atomic mass is 32.2. The van der Waals surface area contributed by atoms with Crippen molar-refractivity contribution in [3.8, 4) is 0 Å². The molecule has 94 valence electrons. The number of rotatable bonds is 4. The number of nitrogens with one attached hydrogen (secondary N) is 1. The molecule has 1 saturated carbocycles. The fourth-order valence-corrected chi connectivity index (χ4v) is 3.21. The van der Waals surface area contributed by atoms with Crippen LogP contribution in [0.25, 0.3) is 0 Å². The maximum atomic E-state index is 13.4. The SMILES string of the molecule is C[C@H](NS(=O)(=O)C1CC1)c1cccc(F)c1F. The van der Waals surface area contributed by atoms with Crippen molar-refractivity contribution in [1.82, 2.24) is 4.72 Å².